The number of anilines is 1. The third-order valence-corrected chi connectivity index (χ3v) is 3.80. The Morgan fingerprint density at radius 2 is 2.25 bits per heavy atom. The van der Waals surface area contributed by atoms with E-state index >= 15 is 0 Å². The molecule has 2 bridgehead atoms. The Kier molecular flexibility index (Phi) is 2.13. The topological polar surface area (TPSA) is 46.3 Å². The van der Waals surface area contributed by atoms with Gasteiger partial charge in [0, 0.05) is 23.8 Å². The molecule has 1 aliphatic heterocycles. The highest BCUT2D eigenvalue weighted by atomic mass is 16.2. The van der Waals surface area contributed by atoms with E-state index in [2.05, 4.69) is 0 Å². The third-order valence-electron chi connectivity index (χ3n) is 3.80. The average Bonchev–Trinajstić information content (AvgIpc) is 2.89. The Morgan fingerprint density at radius 1 is 1.38 bits per heavy atom. The van der Waals surface area contributed by atoms with Gasteiger partial charge >= 0.3 is 0 Å². The summed E-state index contributed by atoms with van der Waals surface area (Å²) in [6.07, 6.45) is 3.68. The number of hydrogen-bond donors (Lipinski definition) is 1. The molecule has 2 N–H and O–H groups in total. The van der Waals surface area contributed by atoms with E-state index < -0.39 is 0 Å². The van der Waals surface area contributed by atoms with Gasteiger partial charge in [-0.05, 0) is 43.4 Å². The highest BCUT2D eigenvalue weighted by Gasteiger charge is 2.40. The summed E-state index contributed by atoms with van der Waals surface area (Å²) in [5.74, 6) is 0.898. The lowest BCUT2D eigenvalue weighted by Crippen LogP contribution is -2.37. The monoisotopic (exact) mass is 216 g/mol. The van der Waals surface area contributed by atoms with E-state index in [0.717, 1.165) is 18.0 Å². The van der Waals surface area contributed by atoms with Gasteiger partial charge in [0.2, 0.25) is 0 Å². The number of benzene rings is 1. The minimum absolute atomic E-state index is 0.152. The molecule has 1 aliphatic carbocycles. The molecule has 2 unspecified atom stereocenters. The molecule has 1 heterocycles. The van der Waals surface area contributed by atoms with Crippen LogP contribution in [0.4, 0.5) is 5.69 Å². The van der Waals surface area contributed by atoms with Crippen LogP contribution < -0.4 is 5.73 Å². The molecule has 1 saturated heterocycles. The normalized spacial score (nSPS) is 27.4. The minimum Gasteiger partial charge on any atom is -0.399 e. The van der Waals surface area contributed by atoms with Gasteiger partial charge in [0.15, 0.2) is 0 Å². The van der Waals surface area contributed by atoms with Crippen molar-refractivity contribution in [3.63, 3.8) is 0 Å². The molecular weight excluding hydrogens is 200 g/mol. The first-order chi connectivity index (χ1) is 7.74. The zero-order valence-corrected chi connectivity index (χ0v) is 9.23. The highest BCUT2D eigenvalue weighted by Crippen LogP contribution is 2.38. The van der Waals surface area contributed by atoms with E-state index in [1.165, 1.54) is 19.3 Å². The van der Waals surface area contributed by atoms with E-state index in [1.54, 1.807) is 6.07 Å². The van der Waals surface area contributed by atoms with Crippen LogP contribution in [0.3, 0.4) is 0 Å². The summed E-state index contributed by atoms with van der Waals surface area (Å²) in [7, 11) is 0. The fourth-order valence-electron chi connectivity index (χ4n) is 3.01. The van der Waals surface area contributed by atoms with Crippen LogP contribution in [0, 0.1) is 5.92 Å². The molecule has 2 atom stereocenters. The molecule has 3 rings (SSSR count). The summed E-state index contributed by atoms with van der Waals surface area (Å²) in [4.78, 5) is 14.3. The summed E-state index contributed by atoms with van der Waals surface area (Å²) in [5.41, 5.74) is 7.09. The standard InChI is InChI=1S/C13H16N2O/c14-11-3-1-2-10(7-11)13(16)15-8-9-4-5-12(15)6-9/h1-3,7,9,12H,4-6,8,14H2. The number of fused-ring (bicyclic) bond motifs is 2. The third kappa shape index (κ3) is 1.47. The molecule has 2 aliphatic rings. The predicted molar refractivity (Wildman–Crippen MR) is 63.0 cm³/mol. The molecular formula is C13H16N2O. The molecule has 0 spiro atoms. The van der Waals surface area contributed by atoms with Crippen molar-refractivity contribution in [3.8, 4) is 0 Å². The lowest BCUT2D eigenvalue weighted by atomic mass is 10.1. The van der Waals surface area contributed by atoms with Crippen molar-refractivity contribution in [1.82, 2.24) is 4.90 Å². The van der Waals surface area contributed by atoms with Crippen LogP contribution in [0.25, 0.3) is 0 Å². The average molecular weight is 216 g/mol. The van der Waals surface area contributed by atoms with E-state index in [1.807, 2.05) is 23.1 Å². The first-order valence-corrected chi connectivity index (χ1v) is 5.90. The fourth-order valence-corrected chi connectivity index (χ4v) is 3.01. The Bertz CT molecular complexity index is 430. The number of likely N-dealkylation sites (tertiary alicyclic amines) is 1. The lowest BCUT2D eigenvalue weighted by Gasteiger charge is -2.27. The number of carbonyl (C=O) groups is 1. The molecule has 3 heteroatoms. The lowest BCUT2D eigenvalue weighted by molar-refractivity contribution is 0.0703. The summed E-state index contributed by atoms with van der Waals surface area (Å²) in [6, 6.07) is 7.77. The molecule has 0 aromatic heterocycles. The van der Waals surface area contributed by atoms with Crippen molar-refractivity contribution in [2.24, 2.45) is 5.92 Å². The van der Waals surface area contributed by atoms with Gasteiger partial charge in [-0.25, -0.2) is 0 Å². The molecule has 2 fully saturated rings. The number of piperidine rings is 1. The largest absolute Gasteiger partial charge is 0.399 e. The van der Waals surface area contributed by atoms with Crippen molar-refractivity contribution in [2.75, 3.05) is 12.3 Å². The Morgan fingerprint density at radius 3 is 2.88 bits per heavy atom. The number of nitrogen functional groups attached to an aromatic ring is 1. The van der Waals surface area contributed by atoms with Gasteiger partial charge in [-0.1, -0.05) is 6.07 Å². The van der Waals surface area contributed by atoms with Crippen LogP contribution in [-0.4, -0.2) is 23.4 Å². The van der Waals surface area contributed by atoms with Gasteiger partial charge in [0.05, 0.1) is 0 Å². The molecule has 1 aromatic rings. The number of hydrogen-bond acceptors (Lipinski definition) is 2. The maximum Gasteiger partial charge on any atom is 0.254 e. The molecule has 3 nitrogen and oxygen atoms in total. The SMILES string of the molecule is Nc1cccc(C(=O)N2CC3CCC2C3)c1. The number of nitrogens with zero attached hydrogens (tertiary/aromatic N) is 1. The predicted octanol–water partition coefficient (Wildman–Crippen LogP) is 1.89. The molecule has 1 saturated carbocycles. The number of rotatable bonds is 1. The van der Waals surface area contributed by atoms with Crippen molar-refractivity contribution in [1.29, 1.82) is 0 Å². The summed E-state index contributed by atoms with van der Waals surface area (Å²) in [5, 5.41) is 0. The van der Waals surface area contributed by atoms with Crippen LogP contribution in [0.1, 0.15) is 29.6 Å². The van der Waals surface area contributed by atoms with Gasteiger partial charge in [-0.15, -0.1) is 0 Å². The number of nitrogens with two attached hydrogens (primary N) is 1. The Labute approximate surface area is 95.2 Å². The van der Waals surface area contributed by atoms with Gasteiger partial charge in [-0.3, -0.25) is 4.79 Å². The van der Waals surface area contributed by atoms with Gasteiger partial charge < -0.3 is 10.6 Å². The van der Waals surface area contributed by atoms with Gasteiger partial charge in [0.1, 0.15) is 0 Å². The molecule has 1 amide bonds. The Hall–Kier alpha value is -1.51. The molecule has 16 heavy (non-hydrogen) atoms. The fraction of sp³-hybridized carbons (Fsp3) is 0.462. The van der Waals surface area contributed by atoms with Crippen LogP contribution in [-0.2, 0) is 0 Å². The van der Waals surface area contributed by atoms with E-state index in [4.69, 9.17) is 5.73 Å². The summed E-state index contributed by atoms with van der Waals surface area (Å²) >= 11 is 0. The highest BCUT2D eigenvalue weighted by molar-refractivity contribution is 5.95. The van der Waals surface area contributed by atoms with Crippen LogP contribution >= 0.6 is 0 Å². The number of carbonyl (C=O) groups excluding carboxylic acids is 1. The summed E-state index contributed by atoms with van der Waals surface area (Å²) < 4.78 is 0. The van der Waals surface area contributed by atoms with Gasteiger partial charge in [0.25, 0.3) is 5.91 Å². The van der Waals surface area contributed by atoms with Crippen LogP contribution in [0.2, 0.25) is 0 Å². The van der Waals surface area contributed by atoms with E-state index in [0.29, 0.717) is 11.7 Å². The Balaban J connectivity index is 1.83. The molecule has 1 aromatic carbocycles. The zero-order chi connectivity index (χ0) is 11.1. The van der Waals surface area contributed by atoms with Crippen molar-refractivity contribution < 1.29 is 4.79 Å². The second kappa shape index (κ2) is 3.51. The number of amides is 1. The summed E-state index contributed by atoms with van der Waals surface area (Å²) in [6.45, 7) is 0.943. The van der Waals surface area contributed by atoms with Crippen LogP contribution in [0.5, 0.6) is 0 Å². The molecule has 84 valence electrons. The maximum atomic E-state index is 12.3. The van der Waals surface area contributed by atoms with E-state index in [-0.39, 0.29) is 5.91 Å². The van der Waals surface area contributed by atoms with Crippen LogP contribution in [0.15, 0.2) is 24.3 Å². The van der Waals surface area contributed by atoms with Crippen molar-refractivity contribution in [2.45, 2.75) is 25.3 Å². The minimum atomic E-state index is 0.152. The van der Waals surface area contributed by atoms with Crippen molar-refractivity contribution >= 4 is 11.6 Å². The van der Waals surface area contributed by atoms with Gasteiger partial charge in [-0.2, -0.15) is 0 Å². The first kappa shape index (κ1) is 9.70. The van der Waals surface area contributed by atoms with Crippen molar-refractivity contribution in [3.05, 3.63) is 29.8 Å². The second-order valence-corrected chi connectivity index (χ2v) is 4.92. The second-order valence-electron chi connectivity index (χ2n) is 4.92. The smallest absolute Gasteiger partial charge is 0.254 e. The first-order valence-electron chi connectivity index (χ1n) is 5.90. The van der Waals surface area contributed by atoms with E-state index in [9.17, 15) is 4.79 Å². The quantitative estimate of drug-likeness (QED) is 0.729. The zero-order valence-electron chi connectivity index (χ0n) is 9.23. The molecule has 0 radical (unpaired) electrons. The maximum absolute atomic E-state index is 12.3.